The summed E-state index contributed by atoms with van der Waals surface area (Å²) in [4.78, 5) is 12.1. The van der Waals surface area contributed by atoms with Crippen LogP contribution in [0.25, 0.3) is 0 Å². The summed E-state index contributed by atoms with van der Waals surface area (Å²) in [6.07, 6.45) is 11.1. The Kier molecular flexibility index (Phi) is 3.88. The van der Waals surface area contributed by atoms with Crippen LogP contribution in [0, 0.1) is 12.3 Å². The molecule has 0 aliphatic heterocycles. The third-order valence-electron chi connectivity index (χ3n) is 3.07. The summed E-state index contributed by atoms with van der Waals surface area (Å²) in [6.45, 7) is 0.890. The van der Waals surface area contributed by atoms with Gasteiger partial charge in [0.1, 0.15) is 12.2 Å². The Morgan fingerprint density at radius 3 is 3.00 bits per heavy atom. The van der Waals surface area contributed by atoms with Crippen LogP contribution in [0.15, 0.2) is 11.0 Å². The molecule has 1 aliphatic rings. The molecule has 0 spiro atoms. The van der Waals surface area contributed by atoms with Gasteiger partial charge < -0.3 is 5.32 Å². The van der Waals surface area contributed by atoms with E-state index in [0.29, 0.717) is 10.7 Å². The molecule has 0 amide bonds. The van der Waals surface area contributed by atoms with Crippen LogP contribution in [0.5, 0.6) is 0 Å². The number of nitrogens with zero attached hydrogens (tertiary/aromatic N) is 2. The second-order valence-electron chi connectivity index (χ2n) is 4.28. The molecule has 4 nitrogen and oxygen atoms in total. The molecule has 0 saturated heterocycles. The minimum Gasteiger partial charge on any atom is -0.378 e. The minimum absolute atomic E-state index is 0.151. The van der Waals surface area contributed by atoms with E-state index in [0.717, 1.165) is 6.54 Å². The Morgan fingerprint density at radius 2 is 2.44 bits per heavy atom. The number of aromatic nitrogens is 2. The Balaban J connectivity index is 2.19. The van der Waals surface area contributed by atoms with Gasteiger partial charge in [-0.2, -0.15) is 16.9 Å². The highest BCUT2D eigenvalue weighted by atomic mass is 35.5. The van der Waals surface area contributed by atoms with Gasteiger partial charge in [0.15, 0.2) is 0 Å². The molecule has 1 aromatic rings. The van der Waals surface area contributed by atoms with E-state index in [2.05, 4.69) is 22.6 Å². The second kappa shape index (κ2) is 5.25. The number of thioether (sulfide) groups is 1. The molecule has 6 heteroatoms. The van der Waals surface area contributed by atoms with E-state index in [1.165, 1.54) is 23.7 Å². The van der Waals surface area contributed by atoms with Crippen LogP contribution in [-0.2, 0) is 6.54 Å². The summed E-state index contributed by atoms with van der Waals surface area (Å²) < 4.78 is 1.49. The number of anilines is 1. The standard InChI is InChI=1S/C12H14ClN3OS/c1-3-6-16-11(17)10(9(13)7-15-16)14-8-12(18-2)4-5-12/h1,7,14H,4-6,8H2,2H3. The van der Waals surface area contributed by atoms with Gasteiger partial charge in [-0.25, -0.2) is 4.68 Å². The van der Waals surface area contributed by atoms with Crippen LogP contribution in [0.4, 0.5) is 5.69 Å². The molecule has 1 N–H and O–H groups in total. The Labute approximate surface area is 115 Å². The van der Waals surface area contributed by atoms with Crippen molar-refractivity contribution < 1.29 is 0 Å². The van der Waals surface area contributed by atoms with Crippen LogP contribution in [0.3, 0.4) is 0 Å². The van der Waals surface area contributed by atoms with Gasteiger partial charge in [0.25, 0.3) is 5.56 Å². The lowest BCUT2D eigenvalue weighted by atomic mass is 10.3. The number of nitrogens with one attached hydrogen (secondary N) is 1. The Morgan fingerprint density at radius 1 is 1.72 bits per heavy atom. The SMILES string of the molecule is C#CCn1ncc(Cl)c(NCC2(SC)CC2)c1=O. The van der Waals surface area contributed by atoms with Crippen molar-refractivity contribution >= 4 is 29.1 Å². The number of halogens is 1. The van der Waals surface area contributed by atoms with Gasteiger partial charge in [-0.05, 0) is 19.1 Å². The zero-order valence-electron chi connectivity index (χ0n) is 10.1. The van der Waals surface area contributed by atoms with Crippen molar-refractivity contribution in [2.45, 2.75) is 24.1 Å². The largest absolute Gasteiger partial charge is 0.378 e. The van der Waals surface area contributed by atoms with E-state index >= 15 is 0 Å². The quantitative estimate of drug-likeness (QED) is 0.838. The van der Waals surface area contributed by atoms with E-state index in [1.54, 1.807) is 0 Å². The second-order valence-corrected chi connectivity index (χ2v) is 5.96. The van der Waals surface area contributed by atoms with Crippen LogP contribution in [0.2, 0.25) is 5.02 Å². The molecule has 1 fully saturated rings. The van der Waals surface area contributed by atoms with E-state index in [-0.39, 0.29) is 16.9 Å². The summed E-state index contributed by atoms with van der Waals surface area (Å²) in [7, 11) is 0. The van der Waals surface area contributed by atoms with Gasteiger partial charge in [-0.3, -0.25) is 4.79 Å². The molecule has 1 aromatic heterocycles. The van der Waals surface area contributed by atoms with Crippen molar-refractivity contribution in [2.75, 3.05) is 18.1 Å². The average Bonchev–Trinajstić information content (AvgIpc) is 3.13. The van der Waals surface area contributed by atoms with Crippen molar-refractivity contribution in [3.8, 4) is 12.3 Å². The first-order chi connectivity index (χ1) is 8.62. The molecule has 0 aromatic carbocycles. The number of rotatable bonds is 5. The summed E-state index contributed by atoms with van der Waals surface area (Å²) in [6, 6.07) is 0. The van der Waals surface area contributed by atoms with Crippen molar-refractivity contribution in [1.82, 2.24) is 9.78 Å². The first kappa shape index (κ1) is 13.3. The van der Waals surface area contributed by atoms with Crippen molar-refractivity contribution in [3.63, 3.8) is 0 Å². The molecule has 0 radical (unpaired) electrons. The lowest BCUT2D eigenvalue weighted by Gasteiger charge is -2.15. The number of terminal acetylenes is 1. The number of hydrogen-bond donors (Lipinski definition) is 1. The minimum atomic E-state index is -0.266. The lowest BCUT2D eigenvalue weighted by molar-refractivity contribution is 0.664. The van der Waals surface area contributed by atoms with Crippen molar-refractivity contribution in [1.29, 1.82) is 0 Å². The lowest BCUT2D eigenvalue weighted by Crippen LogP contribution is -2.28. The molecule has 1 saturated carbocycles. The van der Waals surface area contributed by atoms with Crippen LogP contribution < -0.4 is 10.9 Å². The molecule has 1 heterocycles. The zero-order chi connectivity index (χ0) is 13.2. The van der Waals surface area contributed by atoms with Crippen LogP contribution in [-0.4, -0.2) is 27.3 Å². The fourth-order valence-corrected chi connectivity index (χ4v) is 2.59. The van der Waals surface area contributed by atoms with E-state index in [9.17, 15) is 4.79 Å². The van der Waals surface area contributed by atoms with Crippen molar-refractivity contribution in [3.05, 3.63) is 21.6 Å². The first-order valence-corrected chi connectivity index (χ1v) is 7.20. The summed E-state index contributed by atoms with van der Waals surface area (Å²) in [5, 5.41) is 7.37. The van der Waals surface area contributed by atoms with Gasteiger partial charge in [-0.15, -0.1) is 6.42 Å². The van der Waals surface area contributed by atoms with Crippen LogP contribution >= 0.6 is 23.4 Å². The number of hydrogen-bond acceptors (Lipinski definition) is 4. The first-order valence-electron chi connectivity index (χ1n) is 5.60. The fraction of sp³-hybridized carbons (Fsp3) is 0.500. The van der Waals surface area contributed by atoms with E-state index in [4.69, 9.17) is 18.0 Å². The third-order valence-corrected chi connectivity index (χ3v) is 4.77. The van der Waals surface area contributed by atoms with E-state index < -0.39 is 0 Å². The van der Waals surface area contributed by atoms with Crippen LogP contribution in [0.1, 0.15) is 12.8 Å². The van der Waals surface area contributed by atoms with Gasteiger partial charge >= 0.3 is 0 Å². The summed E-state index contributed by atoms with van der Waals surface area (Å²) in [5.74, 6) is 2.39. The molecule has 2 rings (SSSR count). The Hall–Kier alpha value is -1.12. The molecule has 96 valence electrons. The van der Waals surface area contributed by atoms with E-state index in [1.807, 2.05) is 11.8 Å². The molecular weight excluding hydrogens is 270 g/mol. The van der Waals surface area contributed by atoms with Crippen molar-refractivity contribution in [2.24, 2.45) is 0 Å². The maximum absolute atomic E-state index is 12.1. The highest BCUT2D eigenvalue weighted by Gasteiger charge is 2.41. The molecule has 0 bridgehead atoms. The van der Waals surface area contributed by atoms with Gasteiger partial charge in [0, 0.05) is 11.3 Å². The highest BCUT2D eigenvalue weighted by Crippen LogP contribution is 2.47. The molecular formula is C12H14ClN3OS. The average molecular weight is 284 g/mol. The molecule has 0 atom stereocenters. The van der Waals surface area contributed by atoms with Gasteiger partial charge in [0.05, 0.1) is 11.2 Å². The fourth-order valence-electron chi connectivity index (χ4n) is 1.67. The highest BCUT2D eigenvalue weighted by molar-refractivity contribution is 8.00. The summed E-state index contributed by atoms with van der Waals surface area (Å²) >= 11 is 7.82. The topological polar surface area (TPSA) is 46.9 Å². The normalized spacial score (nSPS) is 16.1. The molecule has 1 aliphatic carbocycles. The summed E-state index contributed by atoms with van der Waals surface area (Å²) in [5.41, 5.74) is 0.125. The van der Waals surface area contributed by atoms with Gasteiger partial charge in [0.2, 0.25) is 0 Å². The molecule has 0 unspecified atom stereocenters. The Bertz CT molecular complexity index is 545. The molecule has 18 heavy (non-hydrogen) atoms. The predicted octanol–water partition coefficient (Wildman–Crippen LogP) is 1.84. The third kappa shape index (κ3) is 2.65. The van der Waals surface area contributed by atoms with Gasteiger partial charge in [-0.1, -0.05) is 17.5 Å². The maximum Gasteiger partial charge on any atom is 0.292 e. The monoisotopic (exact) mass is 283 g/mol. The zero-order valence-corrected chi connectivity index (χ0v) is 11.6. The predicted molar refractivity (Wildman–Crippen MR) is 76.3 cm³/mol. The maximum atomic E-state index is 12.1. The smallest absolute Gasteiger partial charge is 0.292 e.